The molecule has 1 aliphatic rings. The zero-order valence-electron chi connectivity index (χ0n) is 18.3. The number of aromatic nitrogens is 2. The van der Waals surface area contributed by atoms with Gasteiger partial charge in [-0.2, -0.15) is 5.10 Å². The summed E-state index contributed by atoms with van der Waals surface area (Å²) in [5.74, 6) is 0.993. The number of likely N-dealkylation sites (tertiary alicyclic amines) is 1. The summed E-state index contributed by atoms with van der Waals surface area (Å²) in [7, 11) is 0. The summed E-state index contributed by atoms with van der Waals surface area (Å²) in [5.41, 5.74) is 1.76. The van der Waals surface area contributed by atoms with E-state index in [1.165, 1.54) is 0 Å². The molecule has 0 spiro atoms. The Morgan fingerprint density at radius 1 is 1.03 bits per heavy atom. The molecule has 9 heteroatoms. The average Bonchev–Trinajstić information content (AvgIpc) is 3.64. The molecule has 0 atom stereocenters. The molecule has 3 aromatic heterocycles. The van der Waals surface area contributed by atoms with Crippen LogP contribution in [0.3, 0.4) is 0 Å². The standard InChI is InChI=1S/C25H23ClN4O4/c26-18-5-7-19(8-6-18)30-22(23-4-2-14-34-23)15-21(28-30)25(32)29-11-9-17(10-12-29)24(31)27-16-20-3-1-13-33-20/h1-8,13-15,17H,9-12,16H2,(H,27,31). The van der Waals surface area contributed by atoms with Crippen molar-refractivity contribution in [1.82, 2.24) is 20.0 Å². The van der Waals surface area contributed by atoms with Crippen LogP contribution in [-0.4, -0.2) is 39.6 Å². The average molecular weight is 479 g/mol. The van der Waals surface area contributed by atoms with Gasteiger partial charge in [0.15, 0.2) is 11.5 Å². The summed E-state index contributed by atoms with van der Waals surface area (Å²) in [5, 5.41) is 8.11. The normalized spacial score (nSPS) is 14.3. The summed E-state index contributed by atoms with van der Waals surface area (Å²) in [4.78, 5) is 27.5. The number of hydrogen-bond acceptors (Lipinski definition) is 5. The number of halogens is 1. The molecule has 0 radical (unpaired) electrons. The van der Waals surface area contributed by atoms with Crippen LogP contribution in [0.4, 0.5) is 0 Å². The molecule has 2 amide bonds. The van der Waals surface area contributed by atoms with Crippen LogP contribution in [0.2, 0.25) is 5.02 Å². The summed E-state index contributed by atoms with van der Waals surface area (Å²) < 4.78 is 12.5. The molecule has 1 aromatic carbocycles. The van der Waals surface area contributed by atoms with Gasteiger partial charge in [-0.25, -0.2) is 4.68 Å². The Morgan fingerprint density at radius 3 is 2.44 bits per heavy atom. The summed E-state index contributed by atoms with van der Waals surface area (Å²) in [6.07, 6.45) is 4.35. The molecule has 1 N–H and O–H groups in total. The van der Waals surface area contributed by atoms with Gasteiger partial charge in [0.1, 0.15) is 11.5 Å². The first-order chi connectivity index (χ1) is 16.6. The van der Waals surface area contributed by atoms with Crippen molar-refractivity contribution < 1.29 is 18.4 Å². The highest BCUT2D eigenvalue weighted by Crippen LogP contribution is 2.27. The Labute approximate surface area is 201 Å². The Bertz CT molecular complexity index is 1260. The van der Waals surface area contributed by atoms with Gasteiger partial charge in [0.25, 0.3) is 5.91 Å². The number of carbonyl (C=O) groups excluding carboxylic acids is 2. The minimum Gasteiger partial charge on any atom is -0.467 e. The Balaban J connectivity index is 1.28. The fourth-order valence-corrected chi connectivity index (χ4v) is 4.23. The number of piperidine rings is 1. The lowest BCUT2D eigenvalue weighted by Gasteiger charge is -2.30. The van der Waals surface area contributed by atoms with E-state index in [9.17, 15) is 9.59 Å². The van der Waals surface area contributed by atoms with Crippen LogP contribution in [0.15, 0.2) is 76.0 Å². The van der Waals surface area contributed by atoms with Crippen LogP contribution in [-0.2, 0) is 11.3 Å². The van der Waals surface area contributed by atoms with Gasteiger partial charge in [-0.15, -0.1) is 0 Å². The topological polar surface area (TPSA) is 93.5 Å². The van der Waals surface area contributed by atoms with E-state index >= 15 is 0 Å². The van der Waals surface area contributed by atoms with Crippen molar-refractivity contribution in [3.63, 3.8) is 0 Å². The van der Waals surface area contributed by atoms with E-state index < -0.39 is 0 Å². The number of benzene rings is 1. The zero-order chi connectivity index (χ0) is 23.5. The minimum atomic E-state index is -0.171. The molecule has 34 heavy (non-hydrogen) atoms. The highest BCUT2D eigenvalue weighted by atomic mass is 35.5. The Morgan fingerprint density at radius 2 is 1.76 bits per heavy atom. The number of nitrogens with one attached hydrogen (secondary N) is 1. The van der Waals surface area contributed by atoms with Crippen LogP contribution in [0.1, 0.15) is 29.1 Å². The molecule has 0 bridgehead atoms. The molecular weight excluding hydrogens is 456 g/mol. The van der Waals surface area contributed by atoms with Gasteiger partial charge in [-0.05, 0) is 61.4 Å². The van der Waals surface area contributed by atoms with Crippen molar-refractivity contribution in [1.29, 1.82) is 0 Å². The molecule has 5 rings (SSSR count). The van der Waals surface area contributed by atoms with E-state index in [1.54, 1.807) is 52.4 Å². The third-order valence-electron chi connectivity index (χ3n) is 5.94. The van der Waals surface area contributed by atoms with Gasteiger partial charge in [0.2, 0.25) is 5.91 Å². The maximum absolute atomic E-state index is 13.3. The van der Waals surface area contributed by atoms with Crippen LogP contribution in [0.5, 0.6) is 0 Å². The first-order valence-corrected chi connectivity index (χ1v) is 11.5. The highest BCUT2D eigenvalue weighted by Gasteiger charge is 2.29. The summed E-state index contributed by atoms with van der Waals surface area (Å²) >= 11 is 6.03. The second-order valence-corrected chi connectivity index (χ2v) is 8.58. The quantitative estimate of drug-likeness (QED) is 0.439. The van der Waals surface area contributed by atoms with Gasteiger partial charge in [0.05, 0.1) is 24.8 Å². The monoisotopic (exact) mass is 478 g/mol. The van der Waals surface area contributed by atoms with E-state index in [4.69, 9.17) is 20.4 Å². The number of amides is 2. The number of nitrogens with zero attached hydrogens (tertiary/aromatic N) is 3. The summed E-state index contributed by atoms with van der Waals surface area (Å²) in [6.45, 7) is 1.34. The molecule has 1 fully saturated rings. The molecular formula is C25H23ClN4O4. The molecule has 8 nitrogen and oxygen atoms in total. The molecule has 4 aromatic rings. The maximum atomic E-state index is 13.3. The fourth-order valence-electron chi connectivity index (χ4n) is 4.10. The summed E-state index contributed by atoms with van der Waals surface area (Å²) in [6, 6.07) is 16.2. The number of rotatable bonds is 6. The second kappa shape index (κ2) is 9.61. The van der Waals surface area contributed by atoms with E-state index in [0.717, 1.165) is 5.69 Å². The first-order valence-electron chi connectivity index (χ1n) is 11.1. The Hall–Kier alpha value is -3.78. The van der Waals surface area contributed by atoms with Crippen LogP contribution in [0.25, 0.3) is 17.1 Å². The van der Waals surface area contributed by atoms with Crippen LogP contribution >= 0.6 is 11.6 Å². The molecule has 1 aliphatic heterocycles. The number of hydrogen-bond donors (Lipinski definition) is 1. The van der Waals surface area contributed by atoms with Crippen molar-refractivity contribution in [2.45, 2.75) is 19.4 Å². The third-order valence-corrected chi connectivity index (χ3v) is 6.20. The van der Waals surface area contributed by atoms with Gasteiger partial charge >= 0.3 is 0 Å². The smallest absolute Gasteiger partial charge is 0.274 e. The lowest BCUT2D eigenvalue weighted by Crippen LogP contribution is -2.43. The zero-order valence-corrected chi connectivity index (χ0v) is 19.1. The van der Waals surface area contributed by atoms with Gasteiger partial charge < -0.3 is 19.1 Å². The van der Waals surface area contributed by atoms with Crippen molar-refractivity contribution in [2.24, 2.45) is 5.92 Å². The molecule has 0 saturated carbocycles. The van der Waals surface area contributed by atoms with Gasteiger partial charge in [-0.1, -0.05) is 11.6 Å². The molecule has 1 saturated heterocycles. The van der Waals surface area contributed by atoms with E-state index in [2.05, 4.69) is 10.4 Å². The van der Waals surface area contributed by atoms with Crippen LogP contribution < -0.4 is 5.32 Å². The molecule has 4 heterocycles. The van der Waals surface area contributed by atoms with E-state index in [0.29, 0.717) is 60.4 Å². The molecule has 0 unspecified atom stereocenters. The predicted molar refractivity (Wildman–Crippen MR) is 125 cm³/mol. The van der Waals surface area contributed by atoms with Gasteiger partial charge in [-0.3, -0.25) is 9.59 Å². The number of carbonyl (C=O) groups is 2. The fraction of sp³-hybridized carbons (Fsp3) is 0.240. The second-order valence-electron chi connectivity index (χ2n) is 8.14. The van der Waals surface area contributed by atoms with Crippen molar-refractivity contribution >= 4 is 23.4 Å². The molecule has 174 valence electrons. The Kier molecular flexibility index (Phi) is 6.22. The van der Waals surface area contributed by atoms with E-state index in [1.807, 2.05) is 24.3 Å². The number of furan rings is 2. The van der Waals surface area contributed by atoms with E-state index in [-0.39, 0.29) is 17.7 Å². The van der Waals surface area contributed by atoms with Crippen molar-refractivity contribution in [3.05, 3.63) is 83.6 Å². The molecule has 0 aliphatic carbocycles. The maximum Gasteiger partial charge on any atom is 0.274 e. The van der Waals surface area contributed by atoms with Crippen molar-refractivity contribution in [3.8, 4) is 17.1 Å². The largest absolute Gasteiger partial charge is 0.467 e. The predicted octanol–water partition coefficient (Wildman–Crippen LogP) is 4.55. The SMILES string of the molecule is O=C(NCc1ccco1)C1CCN(C(=O)c2cc(-c3ccco3)n(-c3ccc(Cl)cc3)n2)CC1. The lowest BCUT2D eigenvalue weighted by atomic mass is 9.95. The lowest BCUT2D eigenvalue weighted by molar-refractivity contribution is -0.126. The van der Waals surface area contributed by atoms with Crippen LogP contribution in [0, 0.1) is 5.92 Å². The first kappa shape index (κ1) is 22.0. The highest BCUT2D eigenvalue weighted by molar-refractivity contribution is 6.30. The third kappa shape index (κ3) is 4.63. The van der Waals surface area contributed by atoms with Crippen molar-refractivity contribution in [2.75, 3.05) is 13.1 Å². The van der Waals surface area contributed by atoms with Gasteiger partial charge in [0, 0.05) is 30.1 Å². The minimum absolute atomic E-state index is 0.0179.